The van der Waals surface area contributed by atoms with Crippen molar-refractivity contribution in [1.29, 1.82) is 0 Å². The van der Waals surface area contributed by atoms with E-state index in [1.807, 2.05) is 39.0 Å². The minimum absolute atomic E-state index is 0.0446. The fourth-order valence-electron chi connectivity index (χ4n) is 1.98. The summed E-state index contributed by atoms with van der Waals surface area (Å²) in [6.45, 7) is 10.2. The zero-order valence-corrected chi connectivity index (χ0v) is 13.4. The van der Waals surface area contributed by atoms with Gasteiger partial charge in [0, 0.05) is 11.2 Å². The summed E-state index contributed by atoms with van der Waals surface area (Å²) in [4.78, 5) is 12.2. The van der Waals surface area contributed by atoms with E-state index in [0.717, 1.165) is 24.9 Å². The monoisotopic (exact) mass is 276 g/mol. The molecule has 2 N–H and O–H groups in total. The number of anilines is 1. The van der Waals surface area contributed by atoms with Gasteiger partial charge in [0.2, 0.25) is 5.91 Å². The van der Waals surface area contributed by atoms with Crippen molar-refractivity contribution in [3.8, 4) is 0 Å². The standard InChI is InChI=1S/C17H28N2O/c1-6-10-14-11-8-9-12-15(14)18-13(3)16(20)19-17(4,5)7-2/h8-9,11-13,18H,6-7,10H2,1-5H3,(H,19,20). The van der Waals surface area contributed by atoms with Gasteiger partial charge in [-0.25, -0.2) is 0 Å². The van der Waals surface area contributed by atoms with Crippen molar-refractivity contribution < 1.29 is 4.79 Å². The highest BCUT2D eigenvalue weighted by Gasteiger charge is 2.21. The number of nitrogens with one attached hydrogen (secondary N) is 2. The topological polar surface area (TPSA) is 41.1 Å². The second kappa shape index (κ2) is 7.32. The number of hydrogen-bond donors (Lipinski definition) is 2. The van der Waals surface area contributed by atoms with Gasteiger partial charge in [0.25, 0.3) is 0 Å². The predicted octanol–water partition coefficient (Wildman–Crippen LogP) is 3.74. The van der Waals surface area contributed by atoms with E-state index in [-0.39, 0.29) is 17.5 Å². The molecule has 0 radical (unpaired) electrons. The summed E-state index contributed by atoms with van der Waals surface area (Å²) in [6, 6.07) is 7.97. The molecule has 1 rings (SSSR count). The van der Waals surface area contributed by atoms with Crippen LogP contribution in [0.5, 0.6) is 0 Å². The smallest absolute Gasteiger partial charge is 0.242 e. The molecule has 112 valence electrons. The number of carbonyl (C=O) groups excluding carboxylic acids is 1. The van der Waals surface area contributed by atoms with E-state index in [9.17, 15) is 4.79 Å². The Balaban J connectivity index is 2.70. The molecule has 3 nitrogen and oxygen atoms in total. The van der Waals surface area contributed by atoms with E-state index >= 15 is 0 Å². The highest BCUT2D eigenvalue weighted by molar-refractivity contribution is 5.85. The van der Waals surface area contributed by atoms with Crippen LogP contribution >= 0.6 is 0 Å². The van der Waals surface area contributed by atoms with Gasteiger partial charge in [0.15, 0.2) is 0 Å². The molecular formula is C17H28N2O. The summed E-state index contributed by atoms with van der Waals surface area (Å²) in [5.74, 6) is 0.0446. The van der Waals surface area contributed by atoms with Gasteiger partial charge in [-0.05, 0) is 45.2 Å². The molecule has 1 unspecified atom stereocenters. The molecule has 1 atom stereocenters. The summed E-state index contributed by atoms with van der Waals surface area (Å²) in [5.41, 5.74) is 2.17. The molecule has 0 fully saturated rings. The average Bonchev–Trinajstić information content (AvgIpc) is 2.40. The second-order valence-electron chi connectivity index (χ2n) is 6.00. The molecule has 0 aromatic heterocycles. The van der Waals surface area contributed by atoms with E-state index in [1.165, 1.54) is 5.56 Å². The molecule has 3 heteroatoms. The minimum atomic E-state index is -0.237. The highest BCUT2D eigenvalue weighted by atomic mass is 16.2. The van der Waals surface area contributed by atoms with Crippen molar-refractivity contribution in [1.82, 2.24) is 5.32 Å². The molecule has 0 aliphatic rings. The fourth-order valence-corrected chi connectivity index (χ4v) is 1.98. The summed E-state index contributed by atoms with van der Waals surface area (Å²) < 4.78 is 0. The quantitative estimate of drug-likeness (QED) is 0.796. The maximum atomic E-state index is 12.2. The van der Waals surface area contributed by atoms with Gasteiger partial charge in [-0.3, -0.25) is 4.79 Å². The lowest BCUT2D eigenvalue weighted by molar-refractivity contribution is -0.123. The van der Waals surface area contributed by atoms with Crippen molar-refractivity contribution >= 4 is 11.6 Å². The summed E-state index contributed by atoms with van der Waals surface area (Å²) in [5, 5.41) is 6.41. The Morgan fingerprint density at radius 1 is 1.25 bits per heavy atom. The third-order valence-corrected chi connectivity index (χ3v) is 3.65. The van der Waals surface area contributed by atoms with E-state index < -0.39 is 0 Å². The number of carbonyl (C=O) groups is 1. The number of aryl methyl sites for hydroxylation is 1. The lowest BCUT2D eigenvalue weighted by Crippen LogP contribution is -2.48. The molecule has 0 saturated carbocycles. The molecule has 1 amide bonds. The molecule has 0 spiro atoms. The van der Waals surface area contributed by atoms with Crippen molar-refractivity contribution in [2.75, 3.05) is 5.32 Å². The third-order valence-electron chi connectivity index (χ3n) is 3.65. The third kappa shape index (κ3) is 4.87. The molecular weight excluding hydrogens is 248 g/mol. The van der Waals surface area contributed by atoms with Crippen molar-refractivity contribution in [2.45, 2.75) is 65.5 Å². The Kier molecular flexibility index (Phi) is 6.05. The van der Waals surface area contributed by atoms with Crippen LogP contribution in [0.3, 0.4) is 0 Å². The molecule has 20 heavy (non-hydrogen) atoms. The zero-order valence-electron chi connectivity index (χ0n) is 13.4. The zero-order chi connectivity index (χ0) is 15.2. The molecule has 0 bridgehead atoms. The van der Waals surface area contributed by atoms with Crippen LogP contribution in [0.2, 0.25) is 0 Å². The number of para-hydroxylation sites is 1. The molecule has 0 aliphatic heterocycles. The molecule has 1 aromatic rings. The minimum Gasteiger partial charge on any atom is -0.374 e. The molecule has 1 aromatic carbocycles. The Morgan fingerprint density at radius 2 is 1.90 bits per heavy atom. The number of amides is 1. The molecule has 0 heterocycles. The lowest BCUT2D eigenvalue weighted by atomic mass is 10.0. The largest absolute Gasteiger partial charge is 0.374 e. The number of hydrogen-bond acceptors (Lipinski definition) is 2. The van der Waals surface area contributed by atoms with Crippen LogP contribution < -0.4 is 10.6 Å². The van der Waals surface area contributed by atoms with Gasteiger partial charge in [-0.2, -0.15) is 0 Å². The fraction of sp³-hybridized carbons (Fsp3) is 0.588. The first-order valence-corrected chi connectivity index (χ1v) is 7.56. The number of benzene rings is 1. The van der Waals surface area contributed by atoms with E-state index in [0.29, 0.717) is 0 Å². The van der Waals surface area contributed by atoms with Crippen molar-refractivity contribution in [3.63, 3.8) is 0 Å². The van der Waals surface area contributed by atoms with Crippen molar-refractivity contribution in [2.24, 2.45) is 0 Å². The Bertz CT molecular complexity index is 440. The predicted molar refractivity (Wildman–Crippen MR) is 86.0 cm³/mol. The normalized spacial score (nSPS) is 12.8. The first kappa shape index (κ1) is 16.5. The maximum Gasteiger partial charge on any atom is 0.242 e. The van der Waals surface area contributed by atoms with Crippen molar-refractivity contribution in [3.05, 3.63) is 29.8 Å². The first-order chi connectivity index (χ1) is 9.39. The summed E-state index contributed by atoms with van der Waals surface area (Å²) in [6.07, 6.45) is 3.04. The van der Waals surface area contributed by atoms with E-state index in [4.69, 9.17) is 0 Å². The SMILES string of the molecule is CCCc1ccccc1NC(C)C(=O)NC(C)(C)CC. The Morgan fingerprint density at radius 3 is 2.50 bits per heavy atom. The second-order valence-corrected chi connectivity index (χ2v) is 6.00. The Hall–Kier alpha value is -1.51. The average molecular weight is 276 g/mol. The van der Waals surface area contributed by atoms with Crippen LogP contribution in [0.4, 0.5) is 5.69 Å². The van der Waals surface area contributed by atoms with Gasteiger partial charge in [0.1, 0.15) is 6.04 Å². The summed E-state index contributed by atoms with van der Waals surface area (Å²) in [7, 11) is 0. The lowest BCUT2D eigenvalue weighted by Gasteiger charge is -2.27. The molecule has 0 aliphatic carbocycles. The van der Waals surface area contributed by atoms with Gasteiger partial charge in [-0.15, -0.1) is 0 Å². The van der Waals surface area contributed by atoms with Crippen LogP contribution in [0, 0.1) is 0 Å². The van der Waals surface area contributed by atoms with Crippen LogP contribution in [0.15, 0.2) is 24.3 Å². The van der Waals surface area contributed by atoms with Gasteiger partial charge in [0.05, 0.1) is 0 Å². The van der Waals surface area contributed by atoms with E-state index in [2.05, 4.69) is 30.5 Å². The van der Waals surface area contributed by atoms with Gasteiger partial charge in [-0.1, -0.05) is 38.5 Å². The molecule has 0 saturated heterocycles. The van der Waals surface area contributed by atoms with Crippen LogP contribution in [0.1, 0.15) is 53.0 Å². The van der Waals surface area contributed by atoms with Crippen LogP contribution in [-0.2, 0) is 11.2 Å². The van der Waals surface area contributed by atoms with Crippen LogP contribution in [-0.4, -0.2) is 17.5 Å². The van der Waals surface area contributed by atoms with E-state index in [1.54, 1.807) is 0 Å². The van der Waals surface area contributed by atoms with Gasteiger partial charge < -0.3 is 10.6 Å². The first-order valence-electron chi connectivity index (χ1n) is 7.56. The number of rotatable bonds is 7. The Labute approximate surface area is 123 Å². The van der Waals surface area contributed by atoms with Crippen LogP contribution in [0.25, 0.3) is 0 Å². The maximum absolute atomic E-state index is 12.2. The summed E-state index contributed by atoms with van der Waals surface area (Å²) >= 11 is 0. The highest BCUT2D eigenvalue weighted by Crippen LogP contribution is 2.18. The van der Waals surface area contributed by atoms with Gasteiger partial charge >= 0.3 is 0 Å².